The Morgan fingerprint density at radius 3 is 2.09 bits per heavy atom. The van der Waals surface area contributed by atoms with Crippen molar-refractivity contribution < 1.29 is 9.59 Å². The predicted octanol–water partition coefficient (Wildman–Crippen LogP) is 5.14. The van der Waals surface area contributed by atoms with E-state index in [9.17, 15) is 9.59 Å². The van der Waals surface area contributed by atoms with Crippen LogP contribution in [0.25, 0.3) is 0 Å². The molecule has 0 spiro atoms. The Bertz CT molecular complexity index is 480. The van der Waals surface area contributed by atoms with Crippen LogP contribution in [0, 0.1) is 17.8 Å². The summed E-state index contributed by atoms with van der Waals surface area (Å²) < 4.78 is 0. The number of aldehydes is 1. The highest BCUT2D eigenvalue weighted by Crippen LogP contribution is 2.23. The topological polar surface area (TPSA) is 34.1 Å². The van der Waals surface area contributed by atoms with E-state index in [2.05, 4.69) is 41.5 Å². The summed E-state index contributed by atoms with van der Waals surface area (Å²) >= 11 is 0. The molecule has 2 atom stereocenters. The van der Waals surface area contributed by atoms with Gasteiger partial charge in [0.25, 0.3) is 0 Å². The van der Waals surface area contributed by atoms with Crippen molar-refractivity contribution in [3.05, 3.63) is 35.4 Å². The molecule has 0 saturated heterocycles. The average Bonchev–Trinajstić information content (AvgIpc) is 2.51. The molecule has 0 aromatic heterocycles. The fourth-order valence-corrected chi connectivity index (χ4v) is 2.24. The van der Waals surface area contributed by atoms with Crippen LogP contribution >= 0.6 is 0 Å². The zero-order chi connectivity index (χ0) is 18.0. The Kier molecular flexibility index (Phi) is 10.5. The Hall–Kier alpha value is -1.38. The van der Waals surface area contributed by atoms with Crippen LogP contribution < -0.4 is 0 Å². The Morgan fingerprint density at radius 1 is 1.13 bits per heavy atom. The lowest BCUT2D eigenvalue weighted by Crippen LogP contribution is -2.20. The summed E-state index contributed by atoms with van der Waals surface area (Å²) in [7, 11) is 1.72. The molecule has 2 unspecified atom stereocenters. The maximum atomic E-state index is 11.2. The lowest BCUT2D eigenvalue weighted by Gasteiger charge is -2.19. The first-order valence-electron chi connectivity index (χ1n) is 8.63. The Labute approximate surface area is 143 Å². The van der Waals surface area contributed by atoms with Crippen molar-refractivity contribution in [3.63, 3.8) is 0 Å². The van der Waals surface area contributed by atoms with Crippen molar-refractivity contribution >= 4 is 19.2 Å². The Balaban J connectivity index is 0.000000585. The summed E-state index contributed by atoms with van der Waals surface area (Å²) in [6.07, 6.45) is 2.15. The van der Waals surface area contributed by atoms with Gasteiger partial charge < -0.3 is 4.79 Å². The zero-order valence-corrected chi connectivity index (χ0v) is 15.8. The second-order valence-electron chi connectivity index (χ2n) is 6.96. The maximum absolute atomic E-state index is 11.2. The van der Waals surface area contributed by atoms with Gasteiger partial charge in [0.05, 0.1) is 5.68 Å². The molecule has 0 aliphatic rings. The smallest absolute Gasteiger partial charge is 0.210 e. The molecule has 0 bridgehead atoms. The highest BCUT2D eigenvalue weighted by atomic mass is 16.1. The summed E-state index contributed by atoms with van der Waals surface area (Å²) in [5.74, 6) is 2.19. The van der Waals surface area contributed by atoms with Gasteiger partial charge in [0.15, 0.2) is 0 Å². The number of hydrogen-bond acceptors (Lipinski definition) is 2. The Morgan fingerprint density at radius 2 is 1.74 bits per heavy atom. The van der Waals surface area contributed by atoms with Gasteiger partial charge in [0, 0.05) is 5.56 Å². The van der Waals surface area contributed by atoms with E-state index in [-0.39, 0.29) is 11.5 Å². The summed E-state index contributed by atoms with van der Waals surface area (Å²) in [5.41, 5.74) is 1.74. The minimum atomic E-state index is 0.0650. The SMILES string of the molecule is CC(=O)[B]C(c1cccc(C=O)c1)C(C)C.CCC(C)C(C)C. The van der Waals surface area contributed by atoms with Crippen molar-refractivity contribution in [1.29, 1.82) is 0 Å². The average molecular weight is 315 g/mol. The molecule has 0 fully saturated rings. The van der Waals surface area contributed by atoms with E-state index in [0.717, 1.165) is 23.7 Å². The van der Waals surface area contributed by atoms with Gasteiger partial charge in [0.2, 0.25) is 7.28 Å². The van der Waals surface area contributed by atoms with Crippen LogP contribution in [0.15, 0.2) is 24.3 Å². The molecule has 1 aromatic rings. The van der Waals surface area contributed by atoms with Crippen molar-refractivity contribution in [2.75, 3.05) is 0 Å². The molecule has 3 heteroatoms. The summed E-state index contributed by atoms with van der Waals surface area (Å²) in [6, 6.07) is 7.41. The van der Waals surface area contributed by atoms with Gasteiger partial charge in [-0.05, 0) is 36.6 Å². The molecule has 127 valence electrons. The van der Waals surface area contributed by atoms with Crippen LogP contribution in [0.4, 0.5) is 0 Å². The van der Waals surface area contributed by atoms with E-state index < -0.39 is 0 Å². The van der Waals surface area contributed by atoms with Crippen LogP contribution in [0.5, 0.6) is 0 Å². The molecule has 2 nitrogen and oxygen atoms in total. The third kappa shape index (κ3) is 8.73. The molecule has 23 heavy (non-hydrogen) atoms. The number of carbonyl (C=O) groups excluding carboxylic acids is 2. The monoisotopic (exact) mass is 315 g/mol. The molecule has 0 amide bonds. The molecule has 0 saturated carbocycles. The third-order valence-electron chi connectivity index (χ3n) is 4.35. The fourth-order valence-electron chi connectivity index (χ4n) is 2.24. The molecular formula is C20H32BO2. The molecule has 0 aliphatic heterocycles. The van der Waals surface area contributed by atoms with E-state index >= 15 is 0 Å². The standard InChI is InChI=1S/C13H16BO2.C7H16/c1-9(2)13(14-10(3)16)12-6-4-5-11(7-12)8-15;1-5-7(4)6(2)3/h4-9,13H,1-3H3;6-7H,5H2,1-4H3. The van der Waals surface area contributed by atoms with E-state index in [4.69, 9.17) is 0 Å². The zero-order valence-electron chi connectivity index (χ0n) is 15.8. The second-order valence-corrected chi connectivity index (χ2v) is 6.96. The number of hydrogen-bond donors (Lipinski definition) is 0. The molecule has 0 heterocycles. The van der Waals surface area contributed by atoms with E-state index in [0.29, 0.717) is 11.5 Å². The quantitative estimate of drug-likeness (QED) is 0.516. The lowest BCUT2D eigenvalue weighted by molar-refractivity contribution is -0.110. The maximum Gasteiger partial charge on any atom is 0.210 e. The summed E-state index contributed by atoms with van der Waals surface area (Å²) in [5, 5.41) is 0. The molecule has 0 N–H and O–H groups in total. The second kappa shape index (κ2) is 11.2. The molecule has 1 aromatic carbocycles. The van der Waals surface area contributed by atoms with Crippen molar-refractivity contribution in [1.82, 2.24) is 0 Å². The van der Waals surface area contributed by atoms with Gasteiger partial charge in [-0.2, -0.15) is 0 Å². The van der Waals surface area contributed by atoms with Crippen molar-refractivity contribution in [3.8, 4) is 0 Å². The van der Waals surface area contributed by atoms with Crippen molar-refractivity contribution in [2.45, 2.75) is 60.7 Å². The van der Waals surface area contributed by atoms with Crippen LogP contribution in [0.1, 0.15) is 76.6 Å². The van der Waals surface area contributed by atoms with Gasteiger partial charge in [-0.15, -0.1) is 0 Å². The van der Waals surface area contributed by atoms with Crippen LogP contribution in [-0.4, -0.2) is 19.2 Å². The van der Waals surface area contributed by atoms with E-state index in [1.165, 1.54) is 6.42 Å². The highest BCUT2D eigenvalue weighted by molar-refractivity contribution is 6.74. The first-order valence-corrected chi connectivity index (χ1v) is 8.63. The first-order chi connectivity index (χ1) is 10.7. The van der Waals surface area contributed by atoms with Gasteiger partial charge in [-0.25, -0.2) is 0 Å². The first kappa shape index (κ1) is 21.6. The molecule has 1 rings (SSSR count). The van der Waals surface area contributed by atoms with E-state index in [1.807, 2.05) is 18.2 Å². The predicted molar refractivity (Wildman–Crippen MR) is 100 cm³/mol. The minimum Gasteiger partial charge on any atom is -0.312 e. The number of rotatable bonds is 7. The van der Waals surface area contributed by atoms with Crippen molar-refractivity contribution in [2.24, 2.45) is 17.8 Å². The molecular weight excluding hydrogens is 283 g/mol. The van der Waals surface area contributed by atoms with Gasteiger partial charge >= 0.3 is 0 Å². The van der Waals surface area contributed by atoms with Gasteiger partial charge in [-0.1, -0.05) is 71.7 Å². The summed E-state index contributed by atoms with van der Waals surface area (Å²) in [6.45, 7) is 14.8. The lowest BCUT2D eigenvalue weighted by atomic mass is 9.55. The highest BCUT2D eigenvalue weighted by Gasteiger charge is 2.19. The van der Waals surface area contributed by atoms with Crippen LogP contribution in [-0.2, 0) is 4.79 Å². The van der Waals surface area contributed by atoms with Crippen LogP contribution in [0.3, 0.4) is 0 Å². The third-order valence-corrected chi connectivity index (χ3v) is 4.35. The summed E-state index contributed by atoms with van der Waals surface area (Å²) in [4.78, 5) is 21.9. The largest absolute Gasteiger partial charge is 0.312 e. The van der Waals surface area contributed by atoms with E-state index in [1.54, 1.807) is 20.3 Å². The molecule has 0 aliphatic carbocycles. The van der Waals surface area contributed by atoms with Gasteiger partial charge in [-0.3, -0.25) is 4.79 Å². The normalized spacial score (nSPS) is 13.1. The van der Waals surface area contributed by atoms with Gasteiger partial charge in [0.1, 0.15) is 6.29 Å². The minimum absolute atomic E-state index is 0.0650. The number of benzene rings is 1. The number of carbonyl (C=O) groups is 2. The van der Waals surface area contributed by atoms with Crippen LogP contribution in [0.2, 0.25) is 0 Å². The molecule has 1 radical (unpaired) electrons. The fraction of sp³-hybridized carbons (Fsp3) is 0.600.